The molecule has 4 aromatic rings. The van der Waals surface area contributed by atoms with Gasteiger partial charge in [-0.1, -0.05) is 60.7 Å². The lowest BCUT2D eigenvalue weighted by atomic mass is 9.91. The highest BCUT2D eigenvalue weighted by Crippen LogP contribution is 2.31. The number of aromatic amines is 1. The van der Waals surface area contributed by atoms with Crippen molar-refractivity contribution in [3.05, 3.63) is 102 Å². The number of sulfonamides is 1. The molecule has 29 heavy (non-hydrogen) atoms. The molecular formula is C23H19N3O2S. The summed E-state index contributed by atoms with van der Waals surface area (Å²) in [6, 6.07) is 25.9. The van der Waals surface area contributed by atoms with E-state index in [0.717, 1.165) is 22.0 Å². The van der Waals surface area contributed by atoms with Crippen molar-refractivity contribution in [3.63, 3.8) is 0 Å². The van der Waals surface area contributed by atoms with E-state index in [4.69, 9.17) is 0 Å². The average Bonchev–Trinajstić information content (AvgIpc) is 3.18. The van der Waals surface area contributed by atoms with E-state index in [1.165, 1.54) is 12.1 Å². The number of aromatic nitrogens is 1. The van der Waals surface area contributed by atoms with Gasteiger partial charge in [-0.15, -0.1) is 0 Å². The number of nitriles is 1. The Hall–Kier alpha value is -3.40. The van der Waals surface area contributed by atoms with Crippen LogP contribution in [0.25, 0.3) is 10.9 Å². The molecule has 0 aliphatic heterocycles. The zero-order valence-electron chi connectivity index (χ0n) is 15.5. The predicted molar refractivity (Wildman–Crippen MR) is 113 cm³/mol. The standard InChI is InChI=1S/C23H19N3O2S/c24-14-18-10-4-7-13-23(18)29(27,28)26-16-20(17-8-2-1-3-9-17)21-15-25-22-12-6-5-11-19(21)22/h1-13,15,20,25-26H,16H2/t20-/m0/s1. The van der Waals surface area contributed by atoms with Gasteiger partial charge in [-0.05, 0) is 29.3 Å². The third-order valence-electron chi connectivity index (χ3n) is 4.97. The van der Waals surface area contributed by atoms with Gasteiger partial charge in [0.15, 0.2) is 0 Å². The summed E-state index contributed by atoms with van der Waals surface area (Å²) in [5.74, 6) is -0.184. The Morgan fingerprint density at radius 2 is 1.62 bits per heavy atom. The van der Waals surface area contributed by atoms with Gasteiger partial charge in [0, 0.05) is 29.6 Å². The summed E-state index contributed by atoms with van der Waals surface area (Å²) in [7, 11) is -3.83. The molecule has 0 radical (unpaired) electrons. The number of hydrogen-bond acceptors (Lipinski definition) is 3. The maximum Gasteiger partial charge on any atom is 0.241 e. The highest BCUT2D eigenvalue weighted by molar-refractivity contribution is 7.89. The zero-order valence-corrected chi connectivity index (χ0v) is 16.4. The molecule has 1 atom stereocenters. The Morgan fingerprint density at radius 1 is 0.931 bits per heavy atom. The third-order valence-corrected chi connectivity index (χ3v) is 6.45. The number of benzene rings is 3. The van der Waals surface area contributed by atoms with Crippen molar-refractivity contribution in [2.75, 3.05) is 6.54 Å². The fourth-order valence-electron chi connectivity index (χ4n) is 3.54. The predicted octanol–water partition coefficient (Wildman–Crippen LogP) is 4.15. The normalized spacial score (nSPS) is 12.5. The summed E-state index contributed by atoms with van der Waals surface area (Å²) in [6.45, 7) is 0.175. The molecule has 1 aromatic heterocycles. The van der Waals surface area contributed by atoms with Gasteiger partial charge in [-0.2, -0.15) is 5.26 Å². The smallest absolute Gasteiger partial charge is 0.241 e. The topological polar surface area (TPSA) is 85.8 Å². The van der Waals surface area contributed by atoms with Gasteiger partial charge in [-0.3, -0.25) is 0 Å². The van der Waals surface area contributed by atoms with Crippen molar-refractivity contribution in [1.29, 1.82) is 5.26 Å². The monoisotopic (exact) mass is 401 g/mol. The number of rotatable bonds is 6. The van der Waals surface area contributed by atoms with Crippen molar-refractivity contribution < 1.29 is 8.42 Å². The summed E-state index contributed by atoms with van der Waals surface area (Å²) in [6.07, 6.45) is 1.93. The van der Waals surface area contributed by atoms with Crippen LogP contribution >= 0.6 is 0 Å². The van der Waals surface area contributed by atoms with Gasteiger partial charge in [0.1, 0.15) is 6.07 Å². The minimum atomic E-state index is -3.83. The molecule has 3 aromatic carbocycles. The highest BCUT2D eigenvalue weighted by Gasteiger charge is 2.23. The third kappa shape index (κ3) is 3.79. The van der Waals surface area contributed by atoms with E-state index < -0.39 is 10.0 Å². The minimum Gasteiger partial charge on any atom is -0.361 e. The van der Waals surface area contributed by atoms with E-state index in [0.29, 0.717) is 0 Å². The first kappa shape index (κ1) is 18.9. The van der Waals surface area contributed by atoms with Gasteiger partial charge < -0.3 is 4.98 Å². The largest absolute Gasteiger partial charge is 0.361 e. The number of nitrogens with one attached hydrogen (secondary N) is 2. The van der Waals surface area contributed by atoms with Gasteiger partial charge in [0.05, 0.1) is 10.5 Å². The molecule has 0 unspecified atom stereocenters. The van der Waals surface area contributed by atoms with Crippen LogP contribution in [0, 0.1) is 11.3 Å². The molecule has 0 fully saturated rings. The molecule has 5 nitrogen and oxygen atoms in total. The van der Waals surface area contributed by atoms with Gasteiger partial charge in [0.2, 0.25) is 10.0 Å². The van der Waals surface area contributed by atoms with Crippen molar-refractivity contribution in [1.82, 2.24) is 9.71 Å². The molecule has 144 valence electrons. The van der Waals surface area contributed by atoms with Crippen LogP contribution < -0.4 is 4.72 Å². The fourth-order valence-corrected chi connectivity index (χ4v) is 4.74. The number of fused-ring (bicyclic) bond motifs is 1. The molecule has 0 aliphatic carbocycles. The SMILES string of the molecule is N#Cc1ccccc1S(=O)(=O)NC[C@@H](c1ccccc1)c1c[nH]c2ccccc12. The van der Waals surface area contributed by atoms with Crippen LogP contribution in [0.5, 0.6) is 0 Å². The second kappa shape index (κ2) is 7.92. The molecule has 0 amide bonds. The minimum absolute atomic E-state index is 0.00626. The van der Waals surface area contributed by atoms with E-state index in [1.807, 2.05) is 66.9 Å². The Labute approximate surface area is 169 Å². The van der Waals surface area contributed by atoms with Crippen molar-refractivity contribution in [2.24, 2.45) is 0 Å². The molecule has 0 bridgehead atoms. The fraction of sp³-hybridized carbons (Fsp3) is 0.0870. The van der Waals surface area contributed by atoms with Crippen LogP contribution in [0.3, 0.4) is 0 Å². The van der Waals surface area contributed by atoms with Crippen LogP contribution in [0.1, 0.15) is 22.6 Å². The molecule has 0 saturated heterocycles. The molecule has 0 aliphatic rings. The summed E-state index contributed by atoms with van der Waals surface area (Å²) < 4.78 is 28.5. The molecule has 0 spiro atoms. The molecular weight excluding hydrogens is 382 g/mol. The molecule has 1 heterocycles. The second-order valence-corrected chi connectivity index (χ2v) is 8.45. The number of nitrogens with zero attached hydrogens (tertiary/aromatic N) is 1. The van der Waals surface area contributed by atoms with Crippen LogP contribution in [0.4, 0.5) is 0 Å². The first-order chi connectivity index (χ1) is 14.1. The summed E-state index contributed by atoms with van der Waals surface area (Å²) >= 11 is 0. The first-order valence-corrected chi connectivity index (χ1v) is 10.7. The van der Waals surface area contributed by atoms with E-state index in [-0.39, 0.29) is 22.9 Å². The average molecular weight is 401 g/mol. The molecule has 4 rings (SSSR count). The lowest BCUT2D eigenvalue weighted by Gasteiger charge is -2.18. The Kier molecular flexibility index (Phi) is 5.17. The number of para-hydroxylation sites is 1. The van der Waals surface area contributed by atoms with E-state index in [9.17, 15) is 13.7 Å². The van der Waals surface area contributed by atoms with Gasteiger partial charge >= 0.3 is 0 Å². The lowest BCUT2D eigenvalue weighted by Crippen LogP contribution is -2.29. The lowest BCUT2D eigenvalue weighted by molar-refractivity contribution is 0.577. The highest BCUT2D eigenvalue weighted by atomic mass is 32.2. The summed E-state index contributed by atoms with van der Waals surface area (Å²) in [5.41, 5.74) is 3.15. The quantitative estimate of drug-likeness (QED) is 0.509. The summed E-state index contributed by atoms with van der Waals surface area (Å²) in [5, 5.41) is 10.3. The van der Waals surface area contributed by atoms with Gasteiger partial charge in [0.25, 0.3) is 0 Å². The van der Waals surface area contributed by atoms with E-state index in [1.54, 1.807) is 12.1 Å². The van der Waals surface area contributed by atoms with Crippen molar-refractivity contribution >= 4 is 20.9 Å². The summed E-state index contributed by atoms with van der Waals surface area (Å²) in [4.78, 5) is 3.26. The Bertz CT molecular complexity index is 1290. The van der Waals surface area contributed by atoms with Crippen LogP contribution in [-0.4, -0.2) is 19.9 Å². The number of H-pyrrole nitrogens is 1. The van der Waals surface area contributed by atoms with E-state index in [2.05, 4.69) is 9.71 Å². The molecule has 6 heteroatoms. The number of hydrogen-bond donors (Lipinski definition) is 2. The van der Waals surface area contributed by atoms with Crippen LogP contribution in [0.2, 0.25) is 0 Å². The molecule has 0 saturated carbocycles. The molecule has 2 N–H and O–H groups in total. The second-order valence-electron chi connectivity index (χ2n) is 6.71. The maximum atomic E-state index is 12.9. The van der Waals surface area contributed by atoms with E-state index >= 15 is 0 Å². The van der Waals surface area contributed by atoms with Gasteiger partial charge in [-0.25, -0.2) is 13.1 Å². The maximum absolute atomic E-state index is 12.9. The van der Waals surface area contributed by atoms with Crippen molar-refractivity contribution in [2.45, 2.75) is 10.8 Å². The Morgan fingerprint density at radius 3 is 2.41 bits per heavy atom. The van der Waals surface area contributed by atoms with Crippen molar-refractivity contribution in [3.8, 4) is 6.07 Å². The van der Waals surface area contributed by atoms with Crippen LogP contribution in [-0.2, 0) is 10.0 Å². The zero-order chi connectivity index (χ0) is 20.3. The first-order valence-electron chi connectivity index (χ1n) is 9.20. The Balaban J connectivity index is 1.71. The van der Waals surface area contributed by atoms with Crippen LogP contribution in [0.15, 0.2) is 90.0 Å².